The largest absolute Gasteiger partial charge is 0.312 e. The molecule has 15 aromatic rings. The lowest BCUT2D eigenvalue weighted by molar-refractivity contribution is 1.29. The molecule has 2 heterocycles. The summed E-state index contributed by atoms with van der Waals surface area (Å²) >= 11 is 0. The maximum Gasteiger partial charge on any atom is 0.248 e. The molecule has 0 fully saturated rings. The lowest BCUT2D eigenvalue weighted by atomic mass is 9.33. The van der Waals surface area contributed by atoms with Crippen LogP contribution in [0.1, 0.15) is 0 Å². The molecule has 0 aliphatic carbocycles. The smallest absolute Gasteiger partial charge is 0.248 e. The van der Waals surface area contributed by atoms with Crippen molar-refractivity contribution in [2.24, 2.45) is 0 Å². The fourth-order valence-electron chi connectivity index (χ4n) is 14.6. The van der Waals surface area contributed by atoms with Crippen LogP contribution < -0.4 is 42.6 Å². The summed E-state index contributed by atoms with van der Waals surface area (Å²) in [4.78, 5) is 4.95. The molecular formula is C90H64B2N2. The Hall–Kier alpha value is -12.0. The summed E-state index contributed by atoms with van der Waals surface area (Å²) in [6.07, 6.45) is 0. The van der Waals surface area contributed by atoms with Crippen LogP contribution in [0.5, 0.6) is 0 Å². The fourth-order valence-corrected chi connectivity index (χ4v) is 14.6. The minimum atomic E-state index is -0.00525. The van der Waals surface area contributed by atoms with Crippen LogP contribution in [0.3, 0.4) is 0 Å². The van der Waals surface area contributed by atoms with Gasteiger partial charge in [-0.25, -0.2) is 0 Å². The number of benzene rings is 15. The average molecular weight is 1200 g/mol. The van der Waals surface area contributed by atoms with E-state index in [1.54, 1.807) is 0 Å². The third-order valence-corrected chi connectivity index (χ3v) is 18.7. The van der Waals surface area contributed by atoms with Gasteiger partial charge in [0.2, 0.25) is 13.4 Å². The van der Waals surface area contributed by atoms with E-state index in [1.165, 1.54) is 139 Å². The molecule has 0 amide bonds. The summed E-state index contributed by atoms with van der Waals surface area (Å²) in [5.74, 6) is 0. The molecule has 2 aliphatic rings. The molecule has 2 aliphatic heterocycles. The molecule has 0 atom stereocenters. The summed E-state index contributed by atoms with van der Waals surface area (Å²) in [7, 11) is 0. The van der Waals surface area contributed by atoms with Gasteiger partial charge in [0.25, 0.3) is 0 Å². The van der Waals surface area contributed by atoms with Crippen molar-refractivity contribution in [3.8, 4) is 77.9 Å². The molecule has 94 heavy (non-hydrogen) atoms. The van der Waals surface area contributed by atoms with Gasteiger partial charge >= 0.3 is 0 Å². The minimum Gasteiger partial charge on any atom is -0.312 e. The lowest BCUT2D eigenvalue weighted by Gasteiger charge is -2.39. The Balaban J connectivity index is 0.000000150. The van der Waals surface area contributed by atoms with E-state index < -0.39 is 0 Å². The first-order chi connectivity index (χ1) is 46.7. The van der Waals surface area contributed by atoms with Crippen molar-refractivity contribution in [1.82, 2.24) is 0 Å². The third kappa shape index (κ3) is 10.7. The van der Waals surface area contributed by atoms with E-state index >= 15 is 0 Å². The summed E-state index contributed by atoms with van der Waals surface area (Å²) in [6.45, 7) is 0.0203. The van der Waals surface area contributed by atoms with Crippen molar-refractivity contribution < 1.29 is 0 Å². The van der Waals surface area contributed by atoms with Crippen LogP contribution in [-0.4, -0.2) is 13.4 Å². The first kappa shape index (κ1) is 57.2. The zero-order chi connectivity index (χ0) is 62.6. The van der Waals surface area contributed by atoms with Crippen molar-refractivity contribution in [3.05, 3.63) is 388 Å². The first-order valence-electron chi connectivity index (χ1n) is 32.6. The Bertz CT molecular complexity index is 4680. The van der Waals surface area contributed by atoms with Gasteiger partial charge in [-0.1, -0.05) is 351 Å². The maximum atomic E-state index is 2.53. The van der Waals surface area contributed by atoms with Crippen LogP contribution >= 0.6 is 0 Å². The van der Waals surface area contributed by atoms with Gasteiger partial charge in [-0.15, -0.1) is 0 Å². The molecular weight excluding hydrogens is 1130 g/mol. The summed E-state index contributed by atoms with van der Waals surface area (Å²) in [5.41, 5.74) is 32.1. The van der Waals surface area contributed by atoms with Gasteiger partial charge in [-0.05, 0) is 137 Å². The van der Waals surface area contributed by atoms with Crippen LogP contribution in [-0.2, 0) is 0 Å². The van der Waals surface area contributed by atoms with Crippen molar-refractivity contribution >= 4 is 80.3 Å². The molecule has 0 saturated heterocycles. The van der Waals surface area contributed by atoms with Gasteiger partial charge in [0.15, 0.2) is 0 Å². The molecule has 2 nitrogen and oxygen atoms in total. The molecule has 0 N–H and O–H groups in total. The van der Waals surface area contributed by atoms with Crippen molar-refractivity contribution in [3.63, 3.8) is 0 Å². The standard InChI is InChI=1S/C48H34BN.C42H30BN/c1-5-19-35(20-6-1)39-27-17-28-40(36-21-7-2-8-22-36)47(39)49-43-31-13-15-33-45(43)50(46-34-16-14-32-44(46)49)48-41(37-23-9-3-10-24-37)29-18-30-42(48)38-25-11-4-12-26-38;1-5-17-31(18-6-1)34-29-36(32-19-7-2-8-20-32)42(37(30-34)33-21-9-3-10-22-33)43-38-25-13-15-27-40(38)44(35-23-11-4-12-24-35)41-28-16-14-26-39(41)43/h1-34H;1-30H. The highest BCUT2D eigenvalue weighted by atomic mass is 15.2. The summed E-state index contributed by atoms with van der Waals surface area (Å²) in [6, 6.07) is 141. The third-order valence-electron chi connectivity index (χ3n) is 18.7. The number of para-hydroxylation sites is 6. The fraction of sp³-hybridized carbons (Fsp3) is 0. The summed E-state index contributed by atoms with van der Waals surface area (Å²) < 4.78 is 0. The zero-order valence-corrected chi connectivity index (χ0v) is 52.0. The zero-order valence-electron chi connectivity index (χ0n) is 52.0. The van der Waals surface area contributed by atoms with E-state index in [0.717, 1.165) is 5.69 Å². The highest BCUT2D eigenvalue weighted by Gasteiger charge is 2.40. The van der Waals surface area contributed by atoms with Gasteiger partial charge in [0.1, 0.15) is 0 Å². The van der Waals surface area contributed by atoms with Crippen molar-refractivity contribution in [2.45, 2.75) is 0 Å². The molecule has 15 aromatic carbocycles. The Labute approximate surface area is 552 Å². The topological polar surface area (TPSA) is 6.48 Å². The SMILES string of the molecule is c1ccc(-c2cc(-c3ccccc3)c(B3c4ccccc4N(c4ccccc4)c4ccccc43)c(-c3ccccc3)c2)cc1.c1ccc(-c2cccc(-c3ccccc3)c2B2c3ccccc3N(c3c(-c4ccccc4)cccc3-c3ccccc3)c3ccccc32)cc1. The number of fused-ring (bicyclic) bond motifs is 4. The molecule has 440 valence electrons. The molecule has 0 spiro atoms. The second-order valence-corrected chi connectivity index (χ2v) is 24.1. The van der Waals surface area contributed by atoms with E-state index in [2.05, 4.69) is 398 Å². The van der Waals surface area contributed by atoms with Crippen LogP contribution in [0, 0.1) is 0 Å². The highest BCUT2D eigenvalue weighted by molar-refractivity contribution is 7.00. The van der Waals surface area contributed by atoms with Gasteiger partial charge in [-0.3, -0.25) is 0 Å². The van der Waals surface area contributed by atoms with Crippen molar-refractivity contribution in [1.29, 1.82) is 0 Å². The van der Waals surface area contributed by atoms with Crippen LogP contribution in [0.2, 0.25) is 0 Å². The van der Waals surface area contributed by atoms with Crippen molar-refractivity contribution in [2.75, 3.05) is 9.80 Å². The number of nitrogens with zero attached hydrogens (tertiary/aromatic N) is 2. The van der Waals surface area contributed by atoms with Crippen LogP contribution in [0.25, 0.3) is 77.9 Å². The Morgan fingerprint density at radius 2 is 0.415 bits per heavy atom. The molecule has 17 rings (SSSR count). The molecule has 4 heteroatoms. The normalized spacial score (nSPS) is 12.0. The highest BCUT2D eigenvalue weighted by Crippen LogP contribution is 2.48. The Kier molecular flexibility index (Phi) is 15.7. The summed E-state index contributed by atoms with van der Waals surface area (Å²) in [5, 5.41) is 0. The van der Waals surface area contributed by atoms with E-state index in [1.807, 2.05) is 0 Å². The molecule has 0 saturated carbocycles. The van der Waals surface area contributed by atoms with Gasteiger partial charge in [0.05, 0.1) is 5.69 Å². The Morgan fingerprint density at radius 1 is 0.170 bits per heavy atom. The maximum absolute atomic E-state index is 2.53. The molecule has 0 radical (unpaired) electrons. The van der Waals surface area contributed by atoms with Gasteiger partial charge < -0.3 is 9.80 Å². The Morgan fingerprint density at radius 3 is 0.755 bits per heavy atom. The number of hydrogen-bond acceptors (Lipinski definition) is 2. The van der Waals surface area contributed by atoms with Gasteiger partial charge in [-0.2, -0.15) is 0 Å². The monoisotopic (exact) mass is 1190 g/mol. The first-order valence-corrected chi connectivity index (χ1v) is 32.6. The van der Waals surface area contributed by atoms with Crippen LogP contribution in [0.15, 0.2) is 388 Å². The number of hydrogen-bond donors (Lipinski definition) is 0. The van der Waals surface area contributed by atoms with E-state index in [-0.39, 0.29) is 13.4 Å². The average Bonchev–Trinajstić information content (AvgIpc) is 0.727. The predicted octanol–water partition coefficient (Wildman–Crippen LogP) is 19.6. The predicted molar refractivity (Wildman–Crippen MR) is 402 cm³/mol. The van der Waals surface area contributed by atoms with Gasteiger partial charge in [0, 0.05) is 39.6 Å². The molecule has 0 aromatic heterocycles. The molecule has 0 bridgehead atoms. The molecule has 0 unspecified atom stereocenters. The second kappa shape index (κ2) is 25.7. The number of rotatable bonds is 11. The lowest BCUT2D eigenvalue weighted by Crippen LogP contribution is -2.58. The van der Waals surface area contributed by atoms with E-state index in [9.17, 15) is 0 Å². The second-order valence-electron chi connectivity index (χ2n) is 24.1. The minimum absolute atomic E-state index is 0.00525. The number of anilines is 6. The quantitative estimate of drug-likeness (QED) is 0.119. The van der Waals surface area contributed by atoms with Crippen LogP contribution in [0.4, 0.5) is 34.1 Å². The van der Waals surface area contributed by atoms with E-state index in [4.69, 9.17) is 0 Å². The van der Waals surface area contributed by atoms with E-state index in [0.29, 0.717) is 0 Å².